The number of amides is 1. The Morgan fingerprint density at radius 1 is 1.15 bits per heavy atom. The Kier molecular flexibility index (Phi) is 5.28. The number of likely N-dealkylation sites (tertiary alicyclic amines) is 1. The molecule has 2 heterocycles. The molecule has 2 fully saturated rings. The van der Waals surface area contributed by atoms with E-state index in [0.717, 1.165) is 23.6 Å². The molecule has 2 aliphatic heterocycles. The van der Waals surface area contributed by atoms with Crippen LogP contribution in [-0.4, -0.2) is 61.8 Å². The van der Waals surface area contributed by atoms with Crippen molar-refractivity contribution < 1.29 is 14.3 Å². The first kappa shape index (κ1) is 18.6. The molecule has 0 unspecified atom stereocenters. The maximum atomic E-state index is 13.2. The van der Waals surface area contributed by atoms with E-state index in [1.54, 1.807) is 0 Å². The van der Waals surface area contributed by atoms with Crippen LogP contribution in [0.5, 0.6) is 11.5 Å². The Balaban J connectivity index is 1.47. The molecule has 1 atom stereocenters. The number of likely N-dealkylation sites (N-methyl/N-ethyl adjacent to an activating group) is 1. The van der Waals surface area contributed by atoms with Crippen molar-refractivity contribution in [3.05, 3.63) is 23.8 Å². The summed E-state index contributed by atoms with van der Waals surface area (Å²) in [6.45, 7) is 3.35. The van der Waals surface area contributed by atoms with Gasteiger partial charge in [-0.05, 0) is 70.6 Å². The van der Waals surface area contributed by atoms with Crippen LogP contribution in [0.15, 0.2) is 18.2 Å². The Morgan fingerprint density at radius 2 is 1.85 bits per heavy atom. The first-order valence-electron chi connectivity index (χ1n) is 10.2. The van der Waals surface area contributed by atoms with E-state index in [0.29, 0.717) is 0 Å². The zero-order valence-electron chi connectivity index (χ0n) is 16.5. The number of hydrogen-bond acceptors (Lipinski definition) is 5. The average molecular weight is 373 g/mol. The molecular formula is C21H31N3O3. The number of rotatable bonds is 6. The molecule has 6 nitrogen and oxygen atoms in total. The van der Waals surface area contributed by atoms with Gasteiger partial charge in [-0.15, -0.1) is 0 Å². The highest BCUT2D eigenvalue weighted by molar-refractivity contribution is 5.83. The summed E-state index contributed by atoms with van der Waals surface area (Å²) in [6, 6.07) is 5.45. The molecule has 6 heteroatoms. The SMILES string of the molecule is CN(C)[C@@H](C(=O)NCC1(N2CCCC2)CCCC1)c1ccc2c(c1)OCO2. The first-order valence-corrected chi connectivity index (χ1v) is 10.2. The number of nitrogens with zero attached hydrogens (tertiary/aromatic N) is 2. The van der Waals surface area contributed by atoms with Crippen molar-refractivity contribution >= 4 is 5.91 Å². The number of hydrogen-bond donors (Lipinski definition) is 1. The van der Waals surface area contributed by atoms with Crippen LogP contribution in [0.4, 0.5) is 0 Å². The Morgan fingerprint density at radius 3 is 2.56 bits per heavy atom. The monoisotopic (exact) mass is 373 g/mol. The third-order valence-corrected chi connectivity index (χ3v) is 6.38. The van der Waals surface area contributed by atoms with Crippen LogP contribution < -0.4 is 14.8 Å². The number of carbonyl (C=O) groups is 1. The third-order valence-electron chi connectivity index (χ3n) is 6.38. The van der Waals surface area contributed by atoms with E-state index in [4.69, 9.17) is 9.47 Å². The smallest absolute Gasteiger partial charge is 0.242 e. The van der Waals surface area contributed by atoms with E-state index < -0.39 is 0 Å². The van der Waals surface area contributed by atoms with Crippen molar-refractivity contribution in [1.29, 1.82) is 0 Å². The molecule has 1 N–H and O–H groups in total. The lowest BCUT2D eigenvalue weighted by atomic mass is 9.94. The van der Waals surface area contributed by atoms with Crippen LogP contribution in [0.25, 0.3) is 0 Å². The third kappa shape index (κ3) is 3.65. The van der Waals surface area contributed by atoms with E-state index in [9.17, 15) is 4.79 Å². The van der Waals surface area contributed by atoms with Crippen molar-refractivity contribution in [3.63, 3.8) is 0 Å². The molecule has 1 saturated heterocycles. The minimum Gasteiger partial charge on any atom is -0.454 e. The number of nitrogens with one attached hydrogen (secondary N) is 1. The highest BCUT2D eigenvalue weighted by atomic mass is 16.7. The molecule has 0 bridgehead atoms. The Hall–Kier alpha value is -1.79. The van der Waals surface area contributed by atoms with Gasteiger partial charge in [0.1, 0.15) is 6.04 Å². The van der Waals surface area contributed by atoms with Crippen LogP contribution in [0.2, 0.25) is 0 Å². The zero-order valence-corrected chi connectivity index (χ0v) is 16.5. The lowest BCUT2D eigenvalue weighted by Gasteiger charge is -2.39. The molecule has 0 radical (unpaired) electrons. The largest absolute Gasteiger partial charge is 0.454 e. The maximum Gasteiger partial charge on any atom is 0.242 e. The average Bonchev–Trinajstić information content (AvgIpc) is 3.40. The molecule has 1 amide bonds. The van der Waals surface area contributed by atoms with Gasteiger partial charge >= 0.3 is 0 Å². The van der Waals surface area contributed by atoms with Gasteiger partial charge < -0.3 is 14.8 Å². The summed E-state index contributed by atoms with van der Waals surface area (Å²) in [5.74, 6) is 1.52. The fourth-order valence-electron chi connectivity index (χ4n) is 4.94. The molecule has 27 heavy (non-hydrogen) atoms. The predicted molar refractivity (Wildman–Crippen MR) is 104 cm³/mol. The summed E-state index contributed by atoms with van der Waals surface area (Å²) in [4.78, 5) is 17.7. The normalized spacial score (nSPS) is 22.3. The van der Waals surface area contributed by atoms with Gasteiger partial charge in [0, 0.05) is 12.1 Å². The summed E-state index contributed by atoms with van der Waals surface area (Å²) in [7, 11) is 3.89. The van der Waals surface area contributed by atoms with Crippen LogP contribution in [0.1, 0.15) is 50.1 Å². The maximum absolute atomic E-state index is 13.2. The van der Waals surface area contributed by atoms with Gasteiger partial charge in [0.2, 0.25) is 12.7 Å². The van der Waals surface area contributed by atoms with Crippen LogP contribution in [0, 0.1) is 0 Å². The molecule has 0 aromatic heterocycles. The zero-order chi connectivity index (χ0) is 18.9. The molecule has 1 aromatic rings. The van der Waals surface area contributed by atoms with E-state index >= 15 is 0 Å². The Labute approximate surface area is 161 Å². The molecule has 1 aromatic carbocycles. The van der Waals surface area contributed by atoms with Crippen LogP contribution >= 0.6 is 0 Å². The molecule has 4 rings (SSSR count). The topological polar surface area (TPSA) is 54.0 Å². The second-order valence-corrected chi connectivity index (χ2v) is 8.32. The number of fused-ring (bicyclic) bond motifs is 1. The second-order valence-electron chi connectivity index (χ2n) is 8.32. The van der Waals surface area contributed by atoms with E-state index in [2.05, 4.69) is 10.2 Å². The molecule has 3 aliphatic rings. The molecule has 1 aliphatic carbocycles. The summed E-state index contributed by atoms with van der Waals surface area (Å²) >= 11 is 0. The highest BCUT2D eigenvalue weighted by Crippen LogP contribution is 2.38. The first-order chi connectivity index (χ1) is 13.1. The number of benzene rings is 1. The van der Waals surface area contributed by atoms with Gasteiger partial charge in [-0.1, -0.05) is 18.9 Å². The lowest BCUT2D eigenvalue weighted by molar-refractivity contribution is -0.126. The molecule has 1 saturated carbocycles. The van der Waals surface area contributed by atoms with Gasteiger partial charge in [-0.2, -0.15) is 0 Å². The van der Waals surface area contributed by atoms with Gasteiger partial charge in [0.25, 0.3) is 0 Å². The van der Waals surface area contributed by atoms with Gasteiger partial charge in [-0.3, -0.25) is 14.6 Å². The molecule has 0 spiro atoms. The summed E-state index contributed by atoms with van der Waals surface area (Å²) in [5, 5.41) is 3.30. The van der Waals surface area contributed by atoms with Gasteiger partial charge in [-0.25, -0.2) is 0 Å². The summed E-state index contributed by atoms with van der Waals surface area (Å²) in [6.07, 6.45) is 7.51. The highest BCUT2D eigenvalue weighted by Gasteiger charge is 2.41. The van der Waals surface area contributed by atoms with Crippen molar-refractivity contribution in [1.82, 2.24) is 15.1 Å². The number of carbonyl (C=O) groups excluding carboxylic acids is 1. The van der Waals surface area contributed by atoms with E-state index in [1.165, 1.54) is 51.6 Å². The molecule has 148 valence electrons. The summed E-state index contributed by atoms with van der Waals surface area (Å²) in [5.41, 5.74) is 1.10. The second kappa shape index (κ2) is 7.68. The fraction of sp³-hybridized carbons (Fsp3) is 0.667. The van der Waals surface area contributed by atoms with Crippen LogP contribution in [0.3, 0.4) is 0 Å². The standard InChI is InChI=1S/C21H31N3O3/c1-23(2)19(16-7-8-17-18(13-16)27-15-26-17)20(25)22-14-21(9-3-4-10-21)24-11-5-6-12-24/h7-8,13,19H,3-6,9-12,14-15H2,1-2H3,(H,22,25)/t19-/m1/s1. The van der Waals surface area contributed by atoms with Crippen molar-refractivity contribution in [2.45, 2.75) is 50.1 Å². The van der Waals surface area contributed by atoms with Crippen molar-refractivity contribution in [2.75, 3.05) is 40.5 Å². The van der Waals surface area contributed by atoms with E-state index in [-0.39, 0.29) is 24.3 Å². The Bertz CT molecular complexity index is 679. The predicted octanol–water partition coefficient (Wildman–Crippen LogP) is 2.54. The van der Waals surface area contributed by atoms with Gasteiger partial charge in [0.05, 0.1) is 0 Å². The van der Waals surface area contributed by atoms with Crippen molar-refractivity contribution in [2.24, 2.45) is 0 Å². The molecular weight excluding hydrogens is 342 g/mol. The summed E-state index contributed by atoms with van der Waals surface area (Å²) < 4.78 is 10.9. The van der Waals surface area contributed by atoms with Gasteiger partial charge in [0.15, 0.2) is 11.5 Å². The fourth-order valence-corrected chi connectivity index (χ4v) is 4.94. The minimum absolute atomic E-state index is 0.0596. The lowest BCUT2D eigenvalue weighted by Crippen LogP contribution is -2.54. The minimum atomic E-state index is -0.337. The van der Waals surface area contributed by atoms with Crippen LogP contribution in [-0.2, 0) is 4.79 Å². The van der Waals surface area contributed by atoms with E-state index in [1.807, 2.05) is 37.2 Å². The van der Waals surface area contributed by atoms with Crippen molar-refractivity contribution in [3.8, 4) is 11.5 Å². The quantitative estimate of drug-likeness (QED) is 0.831. The number of ether oxygens (including phenoxy) is 2.